The van der Waals surface area contributed by atoms with Gasteiger partial charge in [-0.2, -0.15) is 4.98 Å². The van der Waals surface area contributed by atoms with Gasteiger partial charge in [-0.15, -0.1) is 0 Å². The Bertz CT molecular complexity index is 1110. The molecule has 0 atom stereocenters. The second-order valence-electron chi connectivity index (χ2n) is 5.53. The fraction of sp³-hybridized carbons (Fsp3) is 0.0556. The zero-order chi connectivity index (χ0) is 16.7. The van der Waals surface area contributed by atoms with Crippen molar-refractivity contribution in [2.24, 2.45) is 0 Å². The molecule has 5 nitrogen and oxygen atoms in total. The van der Waals surface area contributed by atoms with Gasteiger partial charge in [0.2, 0.25) is 0 Å². The topological polar surface area (TPSA) is 64.6 Å². The largest absolute Gasteiger partial charge is 0.432 e. The molecule has 2 aromatic carbocycles. The first-order chi connectivity index (χ1) is 11.5. The van der Waals surface area contributed by atoms with Gasteiger partial charge in [0.05, 0.1) is 10.6 Å². The minimum Gasteiger partial charge on any atom is -0.432 e. The van der Waals surface area contributed by atoms with Crippen LogP contribution in [0.15, 0.2) is 76.4 Å². The van der Waals surface area contributed by atoms with Crippen molar-refractivity contribution in [3.63, 3.8) is 0 Å². The molecule has 0 bridgehead atoms. The Morgan fingerprint density at radius 1 is 0.958 bits per heavy atom. The number of fused-ring (bicyclic) bond motifs is 1. The van der Waals surface area contributed by atoms with Crippen LogP contribution in [-0.2, 0) is 9.84 Å². The lowest BCUT2D eigenvalue weighted by Crippen LogP contribution is -1.96. The van der Waals surface area contributed by atoms with Crippen molar-refractivity contribution in [2.75, 3.05) is 6.26 Å². The maximum absolute atomic E-state index is 11.6. The average Bonchev–Trinajstić information content (AvgIpc) is 3.15. The molecule has 6 heteroatoms. The van der Waals surface area contributed by atoms with Crippen molar-refractivity contribution in [1.29, 1.82) is 0 Å². The lowest BCUT2D eigenvalue weighted by molar-refractivity contribution is 0.596. The Morgan fingerprint density at radius 2 is 1.67 bits per heavy atom. The summed E-state index contributed by atoms with van der Waals surface area (Å²) < 4.78 is 30.6. The SMILES string of the molecule is CS(=O)(=O)c1ccc(-c2nc3occn3c2-c2ccccc2)cc1. The minimum atomic E-state index is -3.22. The van der Waals surface area contributed by atoms with E-state index < -0.39 is 9.84 Å². The van der Waals surface area contributed by atoms with Crippen LogP contribution in [0.5, 0.6) is 0 Å². The molecule has 0 saturated carbocycles. The summed E-state index contributed by atoms with van der Waals surface area (Å²) in [5.74, 6) is 0.496. The zero-order valence-electron chi connectivity index (χ0n) is 12.9. The van der Waals surface area contributed by atoms with Crippen molar-refractivity contribution in [3.8, 4) is 22.5 Å². The number of aromatic nitrogens is 2. The molecule has 4 aromatic rings. The van der Waals surface area contributed by atoms with Crippen LogP contribution in [-0.4, -0.2) is 24.1 Å². The number of benzene rings is 2. The van der Waals surface area contributed by atoms with Crippen LogP contribution in [0.2, 0.25) is 0 Å². The van der Waals surface area contributed by atoms with Gasteiger partial charge >= 0.3 is 5.84 Å². The van der Waals surface area contributed by atoms with E-state index in [0.29, 0.717) is 5.84 Å². The van der Waals surface area contributed by atoms with Crippen molar-refractivity contribution < 1.29 is 12.8 Å². The van der Waals surface area contributed by atoms with Crippen molar-refractivity contribution in [3.05, 3.63) is 67.1 Å². The van der Waals surface area contributed by atoms with Gasteiger partial charge < -0.3 is 4.42 Å². The van der Waals surface area contributed by atoms with Gasteiger partial charge in [0.1, 0.15) is 12.0 Å². The molecule has 2 aromatic heterocycles. The highest BCUT2D eigenvalue weighted by atomic mass is 32.2. The van der Waals surface area contributed by atoms with Gasteiger partial charge in [-0.05, 0) is 12.1 Å². The van der Waals surface area contributed by atoms with E-state index in [0.717, 1.165) is 22.5 Å². The quantitative estimate of drug-likeness (QED) is 0.572. The first-order valence-electron chi connectivity index (χ1n) is 7.35. The predicted octanol–water partition coefficient (Wildman–Crippen LogP) is 3.66. The van der Waals surface area contributed by atoms with Crippen molar-refractivity contribution in [1.82, 2.24) is 9.38 Å². The van der Waals surface area contributed by atoms with Gasteiger partial charge in [0.25, 0.3) is 0 Å². The van der Waals surface area contributed by atoms with Gasteiger partial charge in [-0.1, -0.05) is 42.5 Å². The Labute approximate surface area is 139 Å². The summed E-state index contributed by atoms with van der Waals surface area (Å²) in [6.07, 6.45) is 4.60. The summed E-state index contributed by atoms with van der Waals surface area (Å²) in [5.41, 5.74) is 3.50. The molecule has 0 aliphatic rings. The number of nitrogens with zero attached hydrogens (tertiary/aromatic N) is 2. The highest BCUT2D eigenvalue weighted by molar-refractivity contribution is 7.90. The van der Waals surface area contributed by atoms with Crippen LogP contribution in [0.25, 0.3) is 28.4 Å². The summed E-state index contributed by atoms with van der Waals surface area (Å²) in [5, 5.41) is 0. The third-order valence-electron chi connectivity index (χ3n) is 3.87. The average molecular weight is 338 g/mol. The number of imidazole rings is 1. The van der Waals surface area contributed by atoms with Crippen LogP contribution in [0.1, 0.15) is 0 Å². The van der Waals surface area contributed by atoms with Crippen molar-refractivity contribution in [2.45, 2.75) is 4.90 Å². The number of hydrogen-bond acceptors (Lipinski definition) is 4. The normalized spacial score (nSPS) is 11.9. The summed E-state index contributed by atoms with van der Waals surface area (Å²) in [6, 6.07) is 16.6. The summed E-state index contributed by atoms with van der Waals surface area (Å²) in [4.78, 5) is 4.85. The molecule has 0 spiro atoms. The standard InChI is InChI=1S/C18H14N2O3S/c1-24(21,22)15-9-7-13(8-10-15)16-17(14-5-3-2-4-6-14)20-11-12-23-18(20)19-16/h2-12H,1H3. The minimum absolute atomic E-state index is 0.287. The summed E-state index contributed by atoms with van der Waals surface area (Å²) in [7, 11) is -3.22. The second kappa shape index (κ2) is 5.35. The number of rotatable bonds is 3. The molecular weight excluding hydrogens is 324 g/mol. The number of sulfone groups is 1. The molecular formula is C18H14N2O3S. The molecule has 0 unspecified atom stereocenters. The first kappa shape index (κ1) is 14.7. The maximum atomic E-state index is 11.6. The van der Waals surface area contributed by atoms with Gasteiger partial charge in [-0.25, -0.2) is 8.42 Å². The molecule has 120 valence electrons. The second-order valence-corrected chi connectivity index (χ2v) is 7.54. The van der Waals surface area contributed by atoms with Crippen LogP contribution in [0, 0.1) is 0 Å². The third-order valence-corrected chi connectivity index (χ3v) is 4.99. The van der Waals surface area contributed by atoms with Crippen LogP contribution in [0.3, 0.4) is 0 Å². The maximum Gasteiger partial charge on any atom is 0.306 e. The molecule has 0 aliphatic carbocycles. The molecule has 0 N–H and O–H groups in total. The lowest BCUT2D eigenvalue weighted by atomic mass is 10.1. The van der Waals surface area contributed by atoms with E-state index in [1.54, 1.807) is 30.5 Å². The Balaban J connectivity index is 1.93. The number of oxazole rings is 1. The Kier molecular flexibility index (Phi) is 3.28. The fourth-order valence-electron chi connectivity index (χ4n) is 2.72. The third kappa shape index (κ3) is 2.41. The molecule has 0 radical (unpaired) electrons. The molecule has 0 amide bonds. The molecule has 0 fully saturated rings. The van der Waals surface area contributed by atoms with Crippen LogP contribution < -0.4 is 0 Å². The first-order valence-corrected chi connectivity index (χ1v) is 9.24. The fourth-order valence-corrected chi connectivity index (χ4v) is 3.35. The Hall–Kier alpha value is -2.86. The highest BCUT2D eigenvalue weighted by Crippen LogP contribution is 2.33. The lowest BCUT2D eigenvalue weighted by Gasteiger charge is -2.05. The van der Waals surface area contributed by atoms with Gasteiger partial charge in [0, 0.05) is 23.6 Å². The van der Waals surface area contributed by atoms with E-state index in [-0.39, 0.29) is 4.90 Å². The van der Waals surface area contributed by atoms with Crippen LogP contribution in [0.4, 0.5) is 0 Å². The van der Waals surface area contributed by atoms with Crippen molar-refractivity contribution >= 4 is 15.7 Å². The van der Waals surface area contributed by atoms with E-state index in [4.69, 9.17) is 4.42 Å². The van der Waals surface area contributed by atoms with E-state index in [1.807, 2.05) is 40.9 Å². The molecule has 0 saturated heterocycles. The number of hydrogen-bond donors (Lipinski definition) is 0. The summed E-state index contributed by atoms with van der Waals surface area (Å²) in [6.45, 7) is 0. The smallest absolute Gasteiger partial charge is 0.306 e. The molecule has 4 rings (SSSR count). The Morgan fingerprint density at radius 3 is 2.33 bits per heavy atom. The highest BCUT2D eigenvalue weighted by Gasteiger charge is 2.18. The van der Waals surface area contributed by atoms with E-state index in [9.17, 15) is 8.42 Å². The van der Waals surface area contributed by atoms with Gasteiger partial charge in [0.15, 0.2) is 9.84 Å². The monoisotopic (exact) mass is 338 g/mol. The molecule has 0 aliphatic heterocycles. The molecule has 24 heavy (non-hydrogen) atoms. The summed E-state index contributed by atoms with van der Waals surface area (Å²) >= 11 is 0. The van der Waals surface area contributed by atoms with E-state index >= 15 is 0 Å². The van der Waals surface area contributed by atoms with Gasteiger partial charge in [-0.3, -0.25) is 4.40 Å². The zero-order valence-corrected chi connectivity index (χ0v) is 13.7. The van der Waals surface area contributed by atoms with E-state index in [1.165, 1.54) is 6.26 Å². The van der Waals surface area contributed by atoms with Crippen LogP contribution >= 0.6 is 0 Å². The predicted molar refractivity (Wildman–Crippen MR) is 91.4 cm³/mol. The van der Waals surface area contributed by atoms with E-state index in [2.05, 4.69) is 4.98 Å². The molecule has 2 heterocycles.